The van der Waals surface area contributed by atoms with E-state index in [2.05, 4.69) is 51.7 Å². The lowest BCUT2D eigenvalue weighted by atomic mass is 10.2. The third-order valence-electron chi connectivity index (χ3n) is 5.32. The molecule has 4 rings (SSSR count). The minimum Gasteiger partial charge on any atom is -0.379 e. The molecule has 3 heterocycles. The van der Waals surface area contributed by atoms with Gasteiger partial charge in [0.15, 0.2) is 5.96 Å². The van der Waals surface area contributed by atoms with Crippen LogP contribution in [0.25, 0.3) is 10.1 Å². The smallest absolute Gasteiger partial charge is 0.194 e. The molecule has 148 valence electrons. The number of benzene rings is 1. The van der Waals surface area contributed by atoms with Gasteiger partial charge in [-0.1, -0.05) is 18.2 Å². The van der Waals surface area contributed by atoms with Crippen LogP contribution in [0, 0.1) is 0 Å². The molecule has 0 bridgehead atoms. The van der Waals surface area contributed by atoms with Gasteiger partial charge in [0.25, 0.3) is 0 Å². The Bertz CT molecular complexity index is 759. The number of ether oxygens (including phenoxy) is 1. The van der Waals surface area contributed by atoms with Crippen LogP contribution in [-0.2, 0) is 11.3 Å². The molecule has 1 N–H and O–H groups in total. The van der Waals surface area contributed by atoms with Crippen molar-refractivity contribution in [1.29, 1.82) is 0 Å². The number of hydrogen-bond donors (Lipinski definition) is 1. The predicted octanol–water partition coefficient (Wildman–Crippen LogP) is 3.39. The van der Waals surface area contributed by atoms with E-state index in [1.54, 1.807) is 0 Å². The summed E-state index contributed by atoms with van der Waals surface area (Å²) in [6.45, 7) is 9.80. The van der Waals surface area contributed by atoms with Gasteiger partial charge in [0.2, 0.25) is 0 Å². The van der Waals surface area contributed by atoms with E-state index in [1.165, 1.54) is 22.1 Å². The van der Waals surface area contributed by atoms with Crippen molar-refractivity contribution in [2.24, 2.45) is 4.99 Å². The van der Waals surface area contributed by atoms with E-state index >= 15 is 0 Å². The fourth-order valence-corrected chi connectivity index (χ4v) is 4.87. The molecule has 1 atom stereocenters. The lowest BCUT2D eigenvalue weighted by Crippen LogP contribution is -2.46. The fourth-order valence-electron chi connectivity index (χ4n) is 3.92. The van der Waals surface area contributed by atoms with Gasteiger partial charge in [-0.25, -0.2) is 4.99 Å². The van der Waals surface area contributed by atoms with E-state index < -0.39 is 0 Å². The minimum atomic E-state index is 0. The molecule has 7 heteroatoms. The molecule has 0 spiro atoms. The number of hydrogen-bond acceptors (Lipinski definition) is 4. The number of halogens is 1. The van der Waals surface area contributed by atoms with Crippen LogP contribution in [0.5, 0.6) is 0 Å². The van der Waals surface area contributed by atoms with Crippen LogP contribution in [0.3, 0.4) is 0 Å². The van der Waals surface area contributed by atoms with Crippen LogP contribution in [0.4, 0.5) is 0 Å². The topological polar surface area (TPSA) is 40.1 Å². The van der Waals surface area contributed by atoms with Gasteiger partial charge in [0.1, 0.15) is 0 Å². The molecule has 1 aromatic heterocycles. The van der Waals surface area contributed by atoms with Crippen molar-refractivity contribution < 1.29 is 4.74 Å². The molecule has 2 fully saturated rings. The maximum atomic E-state index is 5.50. The third-order valence-corrected chi connectivity index (χ3v) is 6.33. The quantitative estimate of drug-likeness (QED) is 0.397. The van der Waals surface area contributed by atoms with Gasteiger partial charge in [-0.2, -0.15) is 0 Å². The predicted molar refractivity (Wildman–Crippen MR) is 124 cm³/mol. The lowest BCUT2D eigenvalue weighted by Gasteiger charge is -2.32. The van der Waals surface area contributed by atoms with Crippen molar-refractivity contribution in [1.82, 2.24) is 15.1 Å². The van der Waals surface area contributed by atoms with Crippen LogP contribution in [0.15, 0.2) is 34.6 Å². The number of rotatable bonds is 4. The highest BCUT2D eigenvalue weighted by molar-refractivity contribution is 14.0. The molecule has 2 aliphatic rings. The summed E-state index contributed by atoms with van der Waals surface area (Å²) in [5.41, 5.74) is 1.32. The van der Waals surface area contributed by atoms with E-state index in [0.717, 1.165) is 58.4 Å². The van der Waals surface area contributed by atoms with Crippen LogP contribution in [0.1, 0.15) is 18.9 Å². The average molecular weight is 500 g/mol. The summed E-state index contributed by atoms with van der Waals surface area (Å²) in [7, 11) is 0. The zero-order valence-corrected chi connectivity index (χ0v) is 19.0. The van der Waals surface area contributed by atoms with Crippen molar-refractivity contribution in [3.05, 3.63) is 35.2 Å². The van der Waals surface area contributed by atoms with Crippen molar-refractivity contribution >= 4 is 51.4 Å². The Hall–Kier alpha value is -0.900. The highest BCUT2D eigenvalue weighted by Gasteiger charge is 2.30. The molecular weight excluding hydrogens is 471 g/mol. The number of guanidine groups is 1. The molecule has 0 saturated carbocycles. The first-order valence-corrected chi connectivity index (χ1v) is 10.5. The summed E-state index contributed by atoms with van der Waals surface area (Å²) in [4.78, 5) is 9.97. The second-order valence-corrected chi connectivity index (χ2v) is 7.88. The summed E-state index contributed by atoms with van der Waals surface area (Å²) in [6.07, 6.45) is 1.21. The van der Waals surface area contributed by atoms with Gasteiger partial charge in [-0.15, -0.1) is 35.3 Å². The Labute approximate surface area is 182 Å². The molecular formula is C20H29IN4OS. The van der Waals surface area contributed by atoms with Crippen molar-refractivity contribution in [2.45, 2.75) is 25.9 Å². The molecule has 2 aliphatic heterocycles. The number of likely N-dealkylation sites (tertiary alicyclic amines) is 1. The van der Waals surface area contributed by atoms with E-state index in [9.17, 15) is 0 Å². The zero-order valence-electron chi connectivity index (χ0n) is 15.9. The molecule has 5 nitrogen and oxygen atoms in total. The minimum absolute atomic E-state index is 0. The second-order valence-electron chi connectivity index (χ2n) is 6.96. The van der Waals surface area contributed by atoms with Gasteiger partial charge in [-0.3, -0.25) is 4.90 Å². The Morgan fingerprint density at radius 1 is 1.26 bits per heavy atom. The van der Waals surface area contributed by atoms with E-state index in [1.807, 2.05) is 11.3 Å². The molecule has 1 unspecified atom stereocenters. The van der Waals surface area contributed by atoms with Crippen LogP contribution in [0.2, 0.25) is 0 Å². The number of nitrogens with zero attached hydrogens (tertiary/aromatic N) is 3. The van der Waals surface area contributed by atoms with Gasteiger partial charge >= 0.3 is 0 Å². The normalized spacial score (nSPS) is 21.4. The lowest BCUT2D eigenvalue weighted by molar-refractivity contribution is 0.0195. The Morgan fingerprint density at radius 3 is 2.89 bits per heavy atom. The summed E-state index contributed by atoms with van der Waals surface area (Å²) < 4.78 is 6.84. The summed E-state index contributed by atoms with van der Waals surface area (Å²) in [5, 5.41) is 7.08. The Kier molecular flexibility index (Phi) is 7.75. The van der Waals surface area contributed by atoms with Crippen LogP contribution in [-0.4, -0.2) is 67.7 Å². The monoisotopic (exact) mass is 500 g/mol. The SMILES string of the molecule is CCNC(=NCc1csc2ccccc12)N1CCC(N2CCOCC2)C1.I. The van der Waals surface area contributed by atoms with Gasteiger partial charge in [0.05, 0.1) is 19.8 Å². The first-order valence-electron chi connectivity index (χ1n) is 9.65. The molecule has 27 heavy (non-hydrogen) atoms. The maximum absolute atomic E-state index is 5.50. The Balaban J connectivity index is 0.00000210. The maximum Gasteiger partial charge on any atom is 0.194 e. The van der Waals surface area contributed by atoms with E-state index in [4.69, 9.17) is 9.73 Å². The molecule has 0 amide bonds. The number of aliphatic imine (C=N–C) groups is 1. The van der Waals surface area contributed by atoms with Gasteiger partial charge in [0, 0.05) is 43.5 Å². The second kappa shape index (κ2) is 10.0. The van der Waals surface area contributed by atoms with Crippen LogP contribution >= 0.6 is 35.3 Å². The van der Waals surface area contributed by atoms with E-state index in [-0.39, 0.29) is 24.0 Å². The fraction of sp³-hybridized carbons (Fsp3) is 0.550. The summed E-state index contributed by atoms with van der Waals surface area (Å²) in [5.74, 6) is 1.05. The number of fused-ring (bicyclic) bond motifs is 1. The van der Waals surface area contributed by atoms with Gasteiger partial charge < -0.3 is 15.0 Å². The summed E-state index contributed by atoms with van der Waals surface area (Å²) >= 11 is 1.81. The largest absolute Gasteiger partial charge is 0.379 e. The summed E-state index contributed by atoms with van der Waals surface area (Å²) in [6, 6.07) is 9.23. The molecule has 2 aromatic rings. The molecule has 2 saturated heterocycles. The van der Waals surface area contributed by atoms with Crippen molar-refractivity contribution in [3.63, 3.8) is 0 Å². The first-order chi connectivity index (χ1) is 12.8. The van der Waals surface area contributed by atoms with Crippen LogP contribution < -0.4 is 5.32 Å². The number of nitrogens with one attached hydrogen (secondary N) is 1. The highest BCUT2D eigenvalue weighted by Crippen LogP contribution is 2.26. The van der Waals surface area contributed by atoms with Crippen molar-refractivity contribution in [2.75, 3.05) is 45.9 Å². The molecule has 1 aromatic carbocycles. The zero-order chi connectivity index (χ0) is 17.8. The number of thiophene rings is 1. The molecule has 0 radical (unpaired) electrons. The first kappa shape index (κ1) is 20.8. The van der Waals surface area contributed by atoms with Crippen molar-refractivity contribution in [3.8, 4) is 0 Å². The highest BCUT2D eigenvalue weighted by atomic mass is 127. The average Bonchev–Trinajstić information content (AvgIpc) is 3.33. The van der Waals surface area contributed by atoms with E-state index in [0.29, 0.717) is 6.04 Å². The molecule has 0 aliphatic carbocycles. The third kappa shape index (κ3) is 4.93. The standard InChI is InChI=1S/C20H28N4OS.HI/c1-2-21-20(22-13-16-15-26-19-6-4-3-5-18(16)19)24-8-7-17(14-24)23-9-11-25-12-10-23;/h3-6,15,17H,2,7-14H2,1H3,(H,21,22);1H. The van der Waals surface area contributed by atoms with Gasteiger partial charge in [-0.05, 0) is 35.7 Å². The Morgan fingerprint density at radius 2 is 2.07 bits per heavy atom. The number of morpholine rings is 1.